The first-order chi connectivity index (χ1) is 16.3. The molecule has 0 saturated heterocycles. The van der Waals surface area contributed by atoms with Gasteiger partial charge >= 0.3 is 12.4 Å². The highest BCUT2D eigenvalue weighted by molar-refractivity contribution is 7.13. The average Bonchev–Trinajstić information content (AvgIpc) is 3.28. The lowest BCUT2D eigenvalue weighted by Crippen LogP contribution is -2.70. The van der Waals surface area contributed by atoms with Gasteiger partial charge in [0.05, 0.1) is 10.8 Å². The Kier molecular flexibility index (Phi) is 7.14. The van der Waals surface area contributed by atoms with Crippen LogP contribution in [0.3, 0.4) is 0 Å². The second kappa shape index (κ2) is 10.2. The Hall–Kier alpha value is -3.43. The molecule has 0 saturated carbocycles. The van der Waals surface area contributed by atoms with E-state index < -0.39 is 7.25 Å². The van der Waals surface area contributed by atoms with Crippen LogP contribution in [0.15, 0.2) is 94.7 Å². The van der Waals surface area contributed by atoms with Crippen molar-refractivity contribution in [3.8, 4) is 22.6 Å². The molecule has 1 N–H and O–H groups in total. The normalized spacial score (nSPS) is 11.9. The Morgan fingerprint density at radius 2 is 1.44 bits per heavy atom. The van der Waals surface area contributed by atoms with Gasteiger partial charge in [0, 0.05) is 22.2 Å². The molecule has 172 valence electrons. The van der Waals surface area contributed by atoms with Crippen molar-refractivity contribution in [3.63, 3.8) is 0 Å². The van der Waals surface area contributed by atoms with Gasteiger partial charge in [-0.3, -0.25) is 0 Å². The van der Waals surface area contributed by atoms with E-state index in [1.165, 1.54) is 0 Å². The molecule has 0 fully saturated rings. The molecule has 5 aromatic rings. The number of hydrogen-bond acceptors (Lipinski definition) is 3. The zero-order valence-corrected chi connectivity index (χ0v) is 19.0. The van der Waals surface area contributed by atoms with Gasteiger partial charge in [-0.05, 0) is 23.2 Å². The van der Waals surface area contributed by atoms with Crippen LogP contribution in [0.2, 0.25) is 5.02 Å². The first-order valence-electron chi connectivity index (χ1n) is 10.0. The summed E-state index contributed by atoms with van der Waals surface area (Å²) in [5.74, 6) is 0.780. The van der Waals surface area contributed by atoms with Gasteiger partial charge in [0.25, 0.3) is 0 Å². The Labute approximate surface area is 201 Å². The third-order valence-electron chi connectivity index (χ3n) is 4.60. The fourth-order valence-electron chi connectivity index (χ4n) is 3.19. The minimum atomic E-state index is -6.00. The highest BCUT2D eigenvalue weighted by Gasteiger charge is 2.20. The number of halogens is 5. The molecular formula is C24H16BClF4N2OS. The molecular weight excluding hydrogens is 487 g/mol. The number of rotatable bonds is 3. The zero-order valence-electron chi connectivity index (χ0n) is 17.4. The fraction of sp³-hybridized carbons (Fsp3) is 0. The van der Waals surface area contributed by atoms with Crippen LogP contribution in [0.5, 0.6) is 0 Å². The highest BCUT2D eigenvalue weighted by atomic mass is 35.5. The molecule has 34 heavy (non-hydrogen) atoms. The van der Waals surface area contributed by atoms with E-state index in [2.05, 4.69) is 22.5 Å². The molecule has 3 aromatic carbocycles. The van der Waals surface area contributed by atoms with Crippen molar-refractivity contribution in [1.82, 2.24) is 4.98 Å². The topological polar surface area (TPSA) is 40.0 Å². The van der Waals surface area contributed by atoms with Crippen LogP contribution in [-0.2, 0) is 0 Å². The molecule has 5 rings (SSSR count). The van der Waals surface area contributed by atoms with E-state index >= 15 is 0 Å². The number of nitrogens with one attached hydrogen (secondary N) is 1. The molecule has 0 aliphatic heterocycles. The van der Waals surface area contributed by atoms with E-state index in [9.17, 15) is 17.3 Å². The largest absolute Gasteiger partial charge is 0.673 e. The van der Waals surface area contributed by atoms with Crippen molar-refractivity contribution in [1.29, 1.82) is 0 Å². The Morgan fingerprint density at radius 3 is 2.09 bits per heavy atom. The molecule has 3 nitrogen and oxygen atoms in total. The number of benzene rings is 3. The summed E-state index contributed by atoms with van der Waals surface area (Å²) in [5, 5.41) is 5.34. The number of thiazole rings is 1. The average molecular weight is 503 g/mol. The predicted molar refractivity (Wildman–Crippen MR) is 128 cm³/mol. The SMILES string of the molecule is Clc1ccc2oc(-c3ccccc3)cc(=[NH+]c3nc(-c4ccccc4)cs3)c2c1.F[B-](F)(F)F. The molecule has 2 heterocycles. The maximum atomic E-state index is 9.75. The van der Waals surface area contributed by atoms with Gasteiger partial charge in [0.15, 0.2) is 5.69 Å². The maximum Gasteiger partial charge on any atom is 0.673 e. The predicted octanol–water partition coefficient (Wildman–Crippen LogP) is 6.49. The Bertz CT molecular complexity index is 1470. The van der Waals surface area contributed by atoms with Crippen molar-refractivity contribution < 1.29 is 26.7 Å². The van der Waals surface area contributed by atoms with Crippen LogP contribution in [0.1, 0.15) is 0 Å². The second-order valence-corrected chi connectivity index (χ2v) is 8.35. The first kappa shape index (κ1) is 23.7. The lowest BCUT2D eigenvalue weighted by molar-refractivity contribution is -0.400. The lowest BCUT2D eigenvalue weighted by Gasteiger charge is -2.04. The first-order valence-corrected chi connectivity index (χ1v) is 11.3. The molecule has 0 spiro atoms. The molecule has 0 atom stereocenters. The van der Waals surface area contributed by atoms with Crippen LogP contribution < -0.4 is 10.3 Å². The molecule has 0 unspecified atom stereocenters. The van der Waals surface area contributed by atoms with E-state index in [4.69, 9.17) is 21.0 Å². The summed E-state index contributed by atoms with van der Waals surface area (Å²) in [5.41, 5.74) is 3.82. The zero-order chi connectivity index (χ0) is 24.1. The number of fused-ring (bicyclic) bond motifs is 1. The van der Waals surface area contributed by atoms with Crippen molar-refractivity contribution in [2.75, 3.05) is 0 Å². The van der Waals surface area contributed by atoms with Gasteiger partial charge in [-0.15, -0.1) is 0 Å². The van der Waals surface area contributed by atoms with Crippen LogP contribution in [-0.4, -0.2) is 12.2 Å². The number of aromatic nitrogens is 1. The van der Waals surface area contributed by atoms with Gasteiger partial charge in [-0.1, -0.05) is 83.6 Å². The second-order valence-electron chi connectivity index (χ2n) is 7.05. The van der Waals surface area contributed by atoms with Crippen LogP contribution >= 0.6 is 22.9 Å². The van der Waals surface area contributed by atoms with E-state index in [0.717, 1.165) is 44.0 Å². The summed E-state index contributed by atoms with van der Waals surface area (Å²) in [6, 6.07) is 27.8. The van der Waals surface area contributed by atoms with Gasteiger partial charge in [0.2, 0.25) is 0 Å². The monoisotopic (exact) mass is 502 g/mol. The quantitative estimate of drug-likeness (QED) is 0.226. The Balaban J connectivity index is 0.000000499. The minimum Gasteiger partial charge on any atom is -0.456 e. The molecule has 0 radical (unpaired) electrons. The standard InChI is InChI=1S/C24H15ClN2OS.BF4/c25-18-11-12-22-19(13-18)20(14-23(28-22)17-9-5-2-6-10-17)26-24-27-21(15-29-24)16-7-3-1-4-8-16;2-1(3,4)5/h1-15H;/q;-1/p+1. The van der Waals surface area contributed by atoms with Crippen molar-refractivity contribution in [3.05, 3.63) is 101 Å². The fourth-order valence-corrected chi connectivity index (χ4v) is 4.10. The molecule has 2 aromatic heterocycles. The summed E-state index contributed by atoms with van der Waals surface area (Å²) in [7, 11) is -6.00. The summed E-state index contributed by atoms with van der Waals surface area (Å²) < 4.78 is 45.1. The number of hydrogen-bond donors (Lipinski definition) is 1. The summed E-state index contributed by atoms with van der Waals surface area (Å²) in [6.45, 7) is 0. The van der Waals surface area contributed by atoms with Gasteiger partial charge in [-0.25, -0.2) is 4.99 Å². The summed E-state index contributed by atoms with van der Waals surface area (Å²) >= 11 is 7.82. The third kappa shape index (κ3) is 6.33. The van der Waals surface area contributed by atoms with Crippen molar-refractivity contribution in [2.45, 2.75) is 0 Å². The molecule has 0 aliphatic rings. The van der Waals surface area contributed by atoms with Crippen LogP contribution in [0, 0.1) is 0 Å². The molecule has 0 bridgehead atoms. The molecule has 10 heteroatoms. The lowest BCUT2D eigenvalue weighted by atomic mass is 10.1. The van der Waals surface area contributed by atoms with E-state index in [1.807, 2.05) is 72.8 Å². The smallest absolute Gasteiger partial charge is 0.456 e. The minimum absolute atomic E-state index is 0.660. The van der Waals surface area contributed by atoms with Crippen molar-refractivity contribution in [2.24, 2.45) is 0 Å². The van der Waals surface area contributed by atoms with Gasteiger partial charge in [0.1, 0.15) is 16.7 Å². The Morgan fingerprint density at radius 1 is 0.824 bits per heavy atom. The van der Waals surface area contributed by atoms with Crippen molar-refractivity contribution >= 4 is 46.3 Å². The maximum absolute atomic E-state index is 9.75. The highest BCUT2D eigenvalue weighted by Crippen LogP contribution is 2.24. The molecule has 0 amide bonds. The molecule has 0 aliphatic carbocycles. The van der Waals surface area contributed by atoms with Crippen LogP contribution in [0.4, 0.5) is 22.4 Å². The van der Waals surface area contributed by atoms with E-state index in [-0.39, 0.29) is 0 Å². The third-order valence-corrected chi connectivity index (χ3v) is 5.59. The van der Waals surface area contributed by atoms with E-state index in [1.54, 1.807) is 11.3 Å². The van der Waals surface area contributed by atoms with Gasteiger partial charge in [-0.2, -0.15) is 0 Å². The number of nitrogens with zero attached hydrogens (tertiary/aromatic N) is 1. The van der Waals surface area contributed by atoms with Gasteiger partial charge < -0.3 is 21.7 Å². The summed E-state index contributed by atoms with van der Waals surface area (Å²) in [4.78, 5) is 8.21. The van der Waals surface area contributed by atoms with E-state index in [0.29, 0.717) is 5.02 Å². The van der Waals surface area contributed by atoms with Crippen LogP contribution in [0.25, 0.3) is 33.6 Å². The summed E-state index contributed by atoms with van der Waals surface area (Å²) in [6.07, 6.45) is 0.